The molecule has 0 aromatic carbocycles. The van der Waals surface area contributed by atoms with Gasteiger partial charge in [0, 0.05) is 50.3 Å². The third-order valence-corrected chi connectivity index (χ3v) is 4.17. The smallest absolute Gasteiger partial charge is 0.0757 e. The fraction of sp³-hybridized carbons (Fsp3) is 1.00. The summed E-state index contributed by atoms with van der Waals surface area (Å²) >= 11 is 1.75. The first-order valence-corrected chi connectivity index (χ1v) is 7.11. The minimum atomic E-state index is -0.246. The van der Waals surface area contributed by atoms with Crippen LogP contribution in [0.2, 0.25) is 0 Å². The summed E-state index contributed by atoms with van der Waals surface area (Å²) < 4.78 is 0. The van der Waals surface area contributed by atoms with E-state index in [1.165, 1.54) is 0 Å². The molecule has 0 aliphatic carbocycles. The molecule has 1 aliphatic heterocycles. The van der Waals surface area contributed by atoms with Crippen LogP contribution in [0.3, 0.4) is 0 Å². The van der Waals surface area contributed by atoms with Crippen LogP contribution in [0.15, 0.2) is 0 Å². The fourth-order valence-corrected chi connectivity index (χ4v) is 2.71. The zero-order valence-corrected chi connectivity index (χ0v) is 10.9. The Balaban J connectivity index is 2.07. The number of rotatable bonds is 7. The maximum atomic E-state index is 9.87. The lowest BCUT2D eigenvalue weighted by Gasteiger charge is -2.29. The molecule has 0 amide bonds. The molecule has 0 aromatic heterocycles. The lowest BCUT2D eigenvalue weighted by Crippen LogP contribution is -2.46. The van der Waals surface area contributed by atoms with Crippen LogP contribution in [0.25, 0.3) is 0 Å². The summed E-state index contributed by atoms with van der Waals surface area (Å²) in [5.41, 5.74) is 0. The molecular formula is C11H24N2O2S. The Labute approximate surface area is 102 Å². The standard InChI is InChI=1S/C11H24N2O2S/c1-10(2-7-14)16-9-11(15)8-13-5-3-12-4-6-13/h10-12,14-15H,2-9H2,1H3. The number of hydrogen-bond acceptors (Lipinski definition) is 5. The van der Waals surface area contributed by atoms with Crippen LogP contribution < -0.4 is 5.32 Å². The van der Waals surface area contributed by atoms with Crippen molar-refractivity contribution in [3.05, 3.63) is 0 Å². The maximum absolute atomic E-state index is 9.87. The Kier molecular flexibility index (Phi) is 7.40. The van der Waals surface area contributed by atoms with E-state index in [2.05, 4.69) is 17.1 Å². The largest absolute Gasteiger partial charge is 0.396 e. The lowest BCUT2D eigenvalue weighted by atomic mass is 10.3. The Hall–Kier alpha value is 0.190. The Bertz CT molecular complexity index is 177. The molecule has 0 aromatic rings. The number of hydrogen-bond donors (Lipinski definition) is 3. The predicted octanol–water partition coefficient (Wildman–Crippen LogP) is -0.243. The third kappa shape index (κ3) is 6.06. The fourth-order valence-electron chi connectivity index (χ4n) is 1.78. The molecule has 2 unspecified atom stereocenters. The topological polar surface area (TPSA) is 55.7 Å². The van der Waals surface area contributed by atoms with Crippen LogP contribution in [0.5, 0.6) is 0 Å². The summed E-state index contributed by atoms with van der Waals surface area (Å²) in [5.74, 6) is 0.769. The molecule has 3 N–H and O–H groups in total. The number of aliphatic hydroxyl groups is 2. The van der Waals surface area contributed by atoms with E-state index in [0.29, 0.717) is 5.25 Å². The molecule has 16 heavy (non-hydrogen) atoms. The van der Waals surface area contributed by atoms with Gasteiger partial charge in [0.05, 0.1) is 6.10 Å². The van der Waals surface area contributed by atoms with Gasteiger partial charge < -0.3 is 15.5 Å². The van der Waals surface area contributed by atoms with Crippen LogP contribution in [0, 0.1) is 0 Å². The minimum Gasteiger partial charge on any atom is -0.396 e. The first kappa shape index (κ1) is 14.3. The number of piperazine rings is 1. The van der Waals surface area contributed by atoms with E-state index < -0.39 is 0 Å². The van der Waals surface area contributed by atoms with Crippen LogP contribution in [-0.4, -0.2) is 71.6 Å². The molecule has 5 heteroatoms. The van der Waals surface area contributed by atoms with Crippen molar-refractivity contribution in [3.63, 3.8) is 0 Å². The molecule has 96 valence electrons. The van der Waals surface area contributed by atoms with Gasteiger partial charge in [-0.1, -0.05) is 6.92 Å². The van der Waals surface area contributed by atoms with Crippen LogP contribution in [0.4, 0.5) is 0 Å². The molecule has 4 nitrogen and oxygen atoms in total. The van der Waals surface area contributed by atoms with E-state index in [0.717, 1.165) is 44.9 Å². The van der Waals surface area contributed by atoms with E-state index in [4.69, 9.17) is 5.11 Å². The molecular weight excluding hydrogens is 224 g/mol. The van der Waals surface area contributed by atoms with Crippen molar-refractivity contribution in [3.8, 4) is 0 Å². The first-order chi connectivity index (χ1) is 7.72. The summed E-state index contributed by atoms with van der Waals surface area (Å²) in [6, 6.07) is 0. The van der Waals surface area contributed by atoms with Gasteiger partial charge in [-0.15, -0.1) is 0 Å². The second-order valence-corrected chi connectivity index (χ2v) is 5.83. The van der Waals surface area contributed by atoms with E-state index in [9.17, 15) is 5.11 Å². The Morgan fingerprint density at radius 1 is 1.38 bits per heavy atom. The Morgan fingerprint density at radius 3 is 2.69 bits per heavy atom. The molecule has 1 heterocycles. The number of aliphatic hydroxyl groups excluding tert-OH is 2. The van der Waals surface area contributed by atoms with Gasteiger partial charge in [0.2, 0.25) is 0 Å². The zero-order valence-electron chi connectivity index (χ0n) is 10.1. The van der Waals surface area contributed by atoms with E-state index in [1.54, 1.807) is 11.8 Å². The SMILES string of the molecule is CC(CCO)SCC(O)CN1CCNCC1. The van der Waals surface area contributed by atoms with Gasteiger partial charge in [-0.05, 0) is 6.42 Å². The molecule has 0 spiro atoms. The van der Waals surface area contributed by atoms with Gasteiger partial charge in [0.25, 0.3) is 0 Å². The minimum absolute atomic E-state index is 0.238. The maximum Gasteiger partial charge on any atom is 0.0757 e. The van der Waals surface area contributed by atoms with Crippen molar-refractivity contribution in [2.75, 3.05) is 45.1 Å². The quantitative estimate of drug-likeness (QED) is 0.580. The van der Waals surface area contributed by atoms with Gasteiger partial charge in [-0.3, -0.25) is 4.90 Å². The third-order valence-electron chi connectivity index (χ3n) is 2.79. The lowest BCUT2D eigenvalue weighted by molar-refractivity contribution is 0.121. The van der Waals surface area contributed by atoms with Gasteiger partial charge in [0.1, 0.15) is 0 Å². The van der Waals surface area contributed by atoms with Crippen molar-refractivity contribution >= 4 is 11.8 Å². The summed E-state index contributed by atoms with van der Waals surface area (Å²) in [6.45, 7) is 7.24. The van der Waals surface area contributed by atoms with Crippen molar-refractivity contribution in [2.45, 2.75) is 24.7 Å². The summed E-state index contributed by atoms with van der Waals surface area (Å²) in [5, 5.41) is 22.4. The zero-order chi connectivity index (χ0) is 11.8. The van der Waals surface area contributed by atoms with Gasteiger partial charge in [-0.25, -0.2) is 0 Å². The van der Waals surface area contributed by atoms with Crippen molar-refractivity contribution in [1.29, 1.82) is 0 Å². The molecule has 1 fully saturated rings. The highest BCUT2D eigenvalue weighted by Gasteiger charge is 2.15. The summed E-state index contributed by atoms with van der Waals surface area (Å²) in [4.78, 5) is 2.30. The second-order valence-electron chi connectivity index (χ2n) is 4.36. The van der Waals surface area contributed by atoms with Gasteiger partial charge in [0.15, 0.2) is 0 Å². The number of nitrogens with one attached hydrogen (secondary N) is 1. The average molecular weight is 248 g/mol. The first-order valence-electron chi connectivity index (χ1n) is 6.06. The van der Waals surface area contributed by atoms with Crippen LogP contribution in [-0.2, 0) is 0 Å². The van der Waals surface area contributed by atoms with Gasteiger partial charge >= 0.3 is 0 Å². The highest BCUT2D eigenvalue weighted by Crippen LogP contribution is 2.15. The molecule has 0 bridgehead atoms. The predicted molar refractivity (Wildman–Crippen MR) is 68.9 cm³/mol. The van der Waals surface area contributed by atoms with E-state index in [-0.39, 0.29) is 12.7 Å². The molecule has 1 rings (SSSR count). The van der Waals surface area contributed by atoms with Crippen molar-refractivity contribution < 1.29 is 10.2 Å². The highest BCUT2D eigenvalue weighted by atomic mass is 32.2. The summed E-state index contributed by atoms with van der Waals surface area (Å²) in [6.07, 6.45) is 0.564. The van der Waals surface area contributed by atoms with Crippen molar-refractivity contribution in [1.82, 2.24) is 10.2 Å². The number of β-amino-alcohol motifs (C(OH)–C–C–N with tert-alkyl or cyclic N) is 1. The Morgan fingerprint density at radius 2 is 2.06 bits per heavy atom. The van der Waals surface area contributed by atoms with E-state index in [1.807, 2.05) is 0 Å². The molecule has 2 atom stereocenters. The van der Waals surface area contributed by atoms with Crippen LogP contribution in [0.1, 0.15) is 13.3 Å². The van der Waals surface area contributed by atoms with Gasteiger partial charge in [-0.2, -0.15) is 11.8 Å². The number of nitrogens with zero attached hydrogens (tertiary/aromatic N) is 1. The average Bonchev–Trinajstić information content (AvgIpc) is 2.28. The normalized spacial score (nSPS) is 21.9. The molecule has 1 aliphatic rings. The molecule has 1 saturated heterocycles. The van der Waals surface area contributed by atoms with E-state index >= 15 is 0 Å². The second kappa shape index (κ2) is 8.31. The summed E-state index contributed by atoms with van der Waals surface area (Å²) in [7, 11) is 0. The van der Waals surface area contributed by atoms with Crippen LogP contribution >= 0.6 is 11.8 Å². The monoisotopic (exact) mass is 248 g/mol. The molecule has 0 radical (unpaired) electrons. The highest BCUT2D eigenvalue weighted by molar-refractivity contribution is 7.99. The number of thioether (sulfide) groups is 1. The van der Waals surface area contributed by atoms with Crippen molar-refractivity contribution in [2.24, 2.45) is 0 Å². The molecule has 0 saturated carbocycles.